The second-order valence-corrected chi connectivity index (χ2v) is 4.59. The number of carbonyl (C=O) groups excluding carboxylic acids is 1. The molecule has 0 aliphatic rings. The van der Waals surface area contributed by atoms with Crippen LogP contribution in [0.1, 0.15) is 12.0 Å². The van der Waals surface area contributed by atoms with Crippen LogP contribution in [0.4, 0.5) is 0 Å². The summed E-state index contributed by atoms with van der Waals surface area (Å²) in [6.07, 6.45) is 7.56. The van der Waals surface area contributed by atoms with Crippen LogP contribution in [0.15, 0.2) is 48.8 Å². The molecule has 1 aromatic carbocycles. The van der Waals surface area contributed by atoms with Crippen LogP contribution in [0, 0.1) is 0 Å². The Balaban J connectivity index is 1.60. The van der Waals surface area contributed by atoms with E-state index in [-0.39, 0.29) is 5.91 Å². The minimum atomic E-state index is -0.112. The van der Waals surface area contributed by atoms with Crippen molar-refractivity contribution >= 4 is 12.0 Å². The van der Waals surface area contributed by atoms with E-state index in [1.165, 1.54) is 6.08 Å². The first-order chi connectivity index (χ1) is 10.2. The molecule has 2 aromatic rings. The van der Waals surface area contributed by atoms with E-state index in [1.807, 2.05) is 43.6 Å². The molecule has 5 heteroatoms. The van der Waals surface area contributed by atoms with Crippen molar-refractivity contribution in [1.82, 2.24) is 15.1 Å². The third-order valence-electron chi connectivity index (χ3n) is 2.78. The fourth-order valence-electron chi connectivity index (χ4n) is 1.75. The van der Waals surface area contributed by atoms with Crippen LogP contribution in [-0.4, -0.2) is 28.8 Å². The Morgan fingerprint density at radius 3 is 2.90 bits per heavy atom. The van der Waals surface area contributed by atoms with Crippen molar-refractivity contribution < 1.29 is 9.53 Å². The van der Waals surface area contributed by atoms with E-state index in [9.17, 15) is 4.79 Å². The minimum absolute atomic E-state index is 0.112. The average Bonchev–Trinajstić information content (AvgIpc) is 2.91. The quantitative estimate of drug-likeness (QED) is 0.625. The number of nitrogens with zero attached hydrogens (tertiary/aromatic N) is 2. The number of carbonyl (C=O) groups is 1. The number of aromatic nitrogens is 2. The van der Waals surface area contributed by atoms with Gasteiger partial charge >= 0.3 is 0 Å². The van der Waals surface area contributed by atoms with Gasteiger partial charge in [-0.05, 0) is 24.6 Å². The topological polar surface area (TPSA) is 56.2 Å². The molecule has 21 heavy (non-hydrogen) atoms. The zero-order valence-electron chi connectivity index (χ0n) is 12.0. The third-order valence-corrected chi connectivity index (χ3v) is 2.78. The number of rotatable bonds is 7. The van der Waals surface area contributed by atoms with Crippen LogP contribution < -0.4 is 10.1 Å². The second-order valence-electron chi connectivity index (χ2n) is 4.59. The summed E-state index contributed by atoms with van der Waals surface area (Å²) >= 11 is 0. The Hall–Kier alpha value is -2.56. The van der Waals surface area contributed by atoms with E-state index in [1.54, 1.807) is 17.0 Å². The number of aryl methyl sites for hydroxylation is 1. The molecular formula is C16H19N3O2. The molecule has 0 saturated heterocycles. The van der Waals surface area contributed by atoms with Gasteiger partial charge in [-0.3, -0.25) is 9.48 Å². The highest BCUT2D eigenvalue weighted by Crippen LogP contribution is 2.08. The van der Waals surface area contributed by atoms with Gasteiger partial charge in [0, 0.05) is 31.4 Å². The molecule has 2 rings (SSSR count). The number of nitrogens with one attached hydrogen (secondary N) is 1. The zero-order valence-corrected chi connectivity index (χ0v) is 12.0. The number of para-hydroxylation sites is 1. The van der Waals surface area contributed by atoms with Crippen molar-refractivity contribution in [1.29, 1.82) is 0 Å². The largest absolute Gasteiger partial charge is 0.494 e. The smallest absolute Gasteiger partial charge is 0.244 e. The van der Waals surface area contributed by atoms with Crippen LogP contribution >= 0.6 is 0 Å². The molecule has 0 radical (unpaired) electrons. The van der Waals surface area contributed by atoms with Crippen molar-refractivity contribution in [3.63, 3.8) is 0 Å². The number of benzene rings is 1. The van der Waals surface area contributed by atoms with Gasteiger partial charge in [0.15, 0.2) is 0 Å². The van der Waals surface area contributed by atoms with Crippen LogP contribution in [-0.2, 0) is 11.8 Å². The van der Waals surface area contributed by atoms with E-state index in [0.29, 0.717) is 13.2 Å². The summed E-state index contributed by atoms with van der Waals surface area (Å²) < 4.78 is 7.23. The number of hydrogen-bond acceptors (Lipinski definition) is 3. The normalized spacial score (nSPS) is 10.7. The lowest BCUT2D eigenvalue weighted by atomic mass is 10.3. The molecule has 1 N–H and O–H groups in total. The maximum Gasteiger partial charge on any atom is 0.244 e. The van der Waals surface area contributed by atoms with E-state index >= 15 is 0 Å². The van der Waals surface area contributed by atoms with Gasteiger partial charge < -0.3 is 10.1 Å². The summed E-state index contributed by atoms with van der Waals surface area (Å²) in [6.45, 7) is 1.17. The highest BCUT2D eigenvalue weighted by Gasteiger charge is 1.97. The molecule has 0 atom stereocenters. The van der Waals surface area contributed by atoms with Gasteiger partial charge in [-0.15, -0.1) is 0 Å². The van der Waals surface area contributed by atoms with Crippen molar-refractivity contribution in [2.75, 3.05) is 13.2 Å². The molecule has 1 aromatic heterocycles. The lowest BCUT2D eigenvalue weighted by Gasteiger charge is -2.05. The molecule has 0 bridgehead atoms. The fraction of sp³-hybridized carbons (Fsp3) is 0.250. The van der Waals surface area contributed by atoms with E-state index in [2.05, 4.69) is 10.4 Å². The zero-order chi connectivity index (χ0) is 14.9. The van der Waals surface area contributed by atoms with Crippen LogP contribution in [0.3, 0.4) is 0 Å². The second kappa shape index (κ2) is 7.89. The van der Waals surface area contributed by atoms with Crippen LogP contribution in [0.2, 0.25) is 0 Å². The standard InChI is InChI=1S/C16H19N3O2/c1-19-13-14(12-18-19)8-9-16(20)17-10-5-11-21-15-6-3-2-4-7-15/h2-4,6-9,12-13H,5,10-11H2,1H3,(H,17,20)/b9-8+. The highest BCUT2D eigenvalue weighted by atomic mass is 16.5. The monoisotopic (exact) mass is 285 g/mol. The van der Waals surface area contributed by atoms with Crippen molar-refractivity contribution in [3.05, 3.63) is 54.4 Å². The van der Waals surface area contributed by atoms with Crippen molar-refractivity contribution in [3.8, 4) is 5.75 Å². The predicted octanol–water partition coefficient (Wildman–Crippen LogP) is 2.02. The first kappa shape index (κ1) is 14.8. The Kier molecular flexibility index (Phi) is 5.58. The molecule has 0 aliphatic carbocycles. The molecule has 0 spiro atoms. The van der Waals surface area contributed by atoms with Crippen LogP contribution in [0.5, 0.6) is 5.75 Å². The fourth-order valence-corrected chi connectivity index (χ4v) is 1.75. The summed E-state index contributed by atoms with van der Waals surface area (Å²) in [4.78, 5) is 11.6. The average molecular weight is 285 g/mol. The van der Waals surface area contributed by atoms with Crippen LogP contribution in [0.25, 0.3) is 6.08 Å². The molecule has 0 aliphatic heterocycles. The molecule has 0 unspecified atom stereocenters. The Labute approximate surface area is 124 Å². The Bertz CT molecular complexity index is 591. The van der Waals surface area contributed by atoms with Crippen molar-refractivity contribution in [2.24, 2.45) is 7.05 Å². The lowest BCUT2D eigenvalue weighted by Crippen LogP contribution is -2.23. The molecule has 1 heterocycles. The highest BCUT2D eigenvalue weighted by molar-refractivity contribution is 5.91. The predicted molar refractivity (Wildman–Crippen MR) is 81.8 cm³/mol. The number of hydrogen-bond donors (Lipinski definition) is 1. The third kappa shape index (κ3) is 5.52. The summed E-state index contributed by atoms with van der Waals surface area (Å²) in [5, 5.41) is 6.84. The van der Waals surface area contributed by atoms with Gasteiger partial charge in [0.2, 0.25) is 5.91 Å². The van der Waals surface area contributed by atoms with E-state index < -0.39 is 0 Å². The molecular weight excluding hydrogens is 266 g/mol. The maximum atomic E-state index is 11.6. The maximum absolute atomic E-state index is 11.6. The van der Waals surface area contributed by atoms with Gasteiger partial charge in [-0.1, -0.05) is 18.2 Å². The number of ether oxygens (including phenoxy) is 1. The molecule has 1 amide bonds. The summed E-state index contributed by atoms with van der Waals surface area (Å²) in [5.74, 6) is 0.735. The summed E-state index contributed by atoms with van der Waals surface area (Å²) in [6, 6.07) is 9.63. The first-order valence-corrected chi connectivity index (χ1v) is 6.86. The van der Waals surface area contributed by atoms with Gasteiger partial charge in [-0.25, -0.2) is 0 Å². The van der Waals surface area contributed by atoms with Gasteiger partial charge in [0.1, 0.15) is 5.75 Å². The number of amides is 1. The Morgan fingerprint density at radius 2 is 2.19 bits per heavy atom. The SMILES string of the molecule is Cn1cc(/C=C/C(=O)NCCCOc2ccccc2)cn1. The van der Waals surface area contributed by atoms with E-state index in [4.69, 9.17) is 4.74 Å². The first-order valence-electron chi connectivity index (χ1n) is 6.86. The summed E-state index contributed by atoms with van der Waals surface area (Å²) in [5.41, 5.74) is 0.903. The lowest BCUT2D eigenvalue weighted by molar-refractivity contribution is -0.116. The molecule has 5 nitrogen and oxygen atoms in total. The Morgan fingerprint density at radius 1 is 1.38 bits per heavy atom. The van der Waals surface area contributed by atoms with Crippen molar-refractivity contribution in [2.45, 2.75) is 6.42 Å². The van der Waals surface area contributed by atoms with Gasteiger partial charge in [-0.2, -0.15) is 5.10 Å². The molecule has 110 valence electrons. The molecule has 0 fully saturated rings. The summed E-state index contributed by atoms with van der Waals surface area (Å²) in [7, 11) is 1.84. The van der Waals surface area contributed by atoms with E-state index in [0.717, 1.165) is 17.7 Å². The van der Waals surface area contributed by atoms with Gasteiger partial charge in [0.05, 0.1) is 12.8 Å². The minimum Gasteiger partial charge on any atom is -0.494 e. The molecule has 0 saturated carbocycles. The van der Waals surface area contributed by atoms with Gasteiger partial charge in [0.25, 0.3) is 0 Å².